The minimum atomic E-state index is -0.209. The van der Waals surface area contributed by atoms with E-state index in [4.69, 9.17) is 9.40 Å². The van der Waals surface area contributed by atoms with E-state index in [1.807, 2.05) is 18.2 Å². The maximum absolute atomic E-state index is 14.3. The van der Waals surface area contributed by atoms with Gasteiger partial charge in [0.2, 0.25) is 0 Å². The quantitative estimate of drug-likeness (QED) is 0.281. The number of hydrogen-bond acceptors (Lipinski definition) is 2. The van der Waals surface area contributed by atoms with E-state index in [9.17, 15) is 4.39 Å². The van der Waals surface area contributed by atoms with Gasteiger partial charge in [0, 0.05) is 33.3 Å². The molecule has 1 aliphatic carbocycles. The molecular formula is C30H28FNO. The molecule has 0 N–H and O–H groups in total. The maximum atomic E-state index is 14.3. The van der Waals surface area contributed by atoms with Gasteiger partial charge in [-0.2, -0.15) is 0 Å². The Balaban J connectivity index is 1.69. The van der Waals surface area contributed by atoms with Crippen LogP contribution in [0, 0.1) is 5.82 Å². The summed E-state index contributed by atoms with van der Waals surface area (Å²) >= 11 is 0. The third-order valence-corrected chi connectivity index (χ3v) is 7.26. The first-order valence-electron chi connectivity index (χ1n) is 12.1. The molecule has 166 valence electrons. The first kappa shape index (κ1) is 20.4. The fourth-order valence-corrected chi connectivity index (χ4v) is 5.42. The summed E-state index contributed by atoms with van der Waals surface area (Å²) in [5.74, 6) is 0.593. The van der Waals surface area contributed by atoms with E-state index in [1.165, 1.54) is 30.9 Å². The van der Waals surface area contributed by atoms with Gasteiger partial charge in [-0.15, -0.1) is 0 Å². The summed E-state index contributed by atoms with van der Waals surface area (Å²) in [6.07, 6.45) is 6.07. The molecule has 6 rings (SSSR count). The molecule has 1 fully saturated rings. The van der Waals surface area contributed by atoms with Crippen LogP contribution in [0.1, 0.15) is 69.0 Å². The molecule has 0 atom stereocenters. The Kier molecular flexibility index (Phi) is 4.94. The topological polar surface area (TPSA) is 26.0 Å². The number of halogens is 1. The van der Waals surface area contributed by atoms with Crippen molar-refractivity contribution < 1.29 is 8.81 Å². The average Bonchev–Trinajstić information content (AvgIpc) is 3.22. The largest absolute Gasteiger partial charge is 0.455 e. The monoisotopic (exact) mass is 437 g/mol. The predicted molar refractivity (Wildman–Crippen MR) is 134 cm³/mol. The van der Waals surface area contributed by atoms with E-state index in [2.05, 4.69) is 44.2 Å². The highest BCUT2D eigenvalue weighted by Gasteiger charge is 2.22. The van der Waals surface area contributed by atoms with E-state index in [1.54, 1.807) is 6.07 Å². The molecule has 0 bridgehead atoms. The molecule has 0 spiro atoms. The predicted octanol–water partition coefficient (Wildman–Crippen LogP) is 9.11. The lowest BCUT2D eigenvalue weighted by Gasteiger charge is -2.22. The highest BCUT2D eigenvalue weighted by molar-refractivity contribution is 6.12. The molecule has 0 radical (unpaired) electrons. The van der Waals surface area contributed by atoms with Crippen LogP contribution in [-0.2, 0) is 0 Å². The second-order valence-corrected chi connectivity index (χ2v) is 9.79. The number of aromatic nitrogens is 1. The van der Waals surface area contributed by atoms with Crippen molar-refractivity contribution >= 4 is 32.7 Å². The van der Waals surface area contributed by atoms with Crippen molar-refractivity contribution in [2.45, 2.75) is 57.8 Å². The van der Waals surface area contributed by atoms with E-state index < -0.39 is 0 Å². The molecule has 3 aromatic carbocycles. The molecule has 2 aromatic heterocycles. The minimum absolute atomic E-state index is 0.209. The summed E-state index contributed by atoms with van der Waals surface area (Å²) in [6.45, 7) is 4.43. The first-order valence-corrected chi connectivity index (χ1v) is 12.1. The molecule has 0 aliphatic heterocycles. The number of fused-ring (bicyclic) bond motifs is 4. The van der Waals surface area contributed by atoms with Gasteiger partial charge >= 0.3 is 0 Å². The smallest absolute Gasteiger partial charge is 0.144 e. The summed E-state index contributed by atoms with van der Waals surface area (Å²) in [5.41, 5.74) is 5.99. The molecule has 2 nitrogen and oxygen atoms in total. The summed E-state index contributed by atoms with van der Waals surface area (Å²) < 4.78 is 20.7. The van der Waals surface area contributed by atoms with E-state index in [0.29, 0.717) is 11.8 Å². The van der Waals surface area contributed by atoms with E-state index in [-0.39, 0.29) is 5.82 Å². The standard InChI is InChI=1S/C30H28FNO/c1-18(2)20-15-25-24-10-6-7-11-28(24)33-30(25)26(16-20)29-23-13-12-22(31)14-21(23)17-27(32-29)19-8-4-3-5-9-19/h6-7,10-19H,3-5,8-9H2,1-2H3. The number of nitrogens with zero attached hydrogens (tertiary/aromatic N) is 1. The van der Waals surface area contributed by atoms with Gasteiger partial charge in [-0.3, -0.25) is 4.98 Å². The summed E-state index contributed by atoms with van der Waals surface area (Å²) in [7, 11) is 0. The van der Waals surface area contributed by atoms with Gasteiger partial charge in [0.1, 0.15) is 17.0 Å². The van der Waals surface area contributed by atoms with Gasteiger partial charge in [0.25, 0.3) is 0 Å². The first-order chi connectivity index (χ1) is 16.1. The normalized spacial score (nSPS) is 15.3. The van der Waals surface area contributed by atoms with Crippen LogP contribution < -0.4 is 0 Å². The Bertz CT molecular complexity index is 1490. The van der Waals surface area contributed by atoms with Crippen LogP contribution in [0.5, 0.6) is 0 Å². The van der Waals surface area contributed by atoms with Crippen LogP contribution in [0.3, 0.4) is 0 Å². The van der Waals surface area contributed by atoms with Crippen molar-refractivity contribution in [1.82, 2.24) is 4.98 Å². The summed E-state index contributed by atoms with van der Waals surface area (Å²) in [5, 5.41) is 4.13. The number of pyridine rings is 1. The maximum Gasteiger partial charge on any atom is 0.144 e. The lowest BCUT2D eigenvalue weighted by Crippen LogP contribution is -2.07. The Morgan fingerprint density at radius 1 is 0.879 bits per heavy atom. The zero-order valence-corrected chi connectivity index (χ0v) is 19.2. The van der Waals surface area contributed by atoms with Crippen molar-refractivity contribution in [2.75, 3.05) is 0 Å². The molecule has 0 saturated heterocycles. The number of hydrogen-bond donors (Lipinski definition) is 0. The number of para-hydroxylation sites is 1. The molecule has 5 aromatic rings. The van der Waals surface area contributed by atoms with Gasteiger partial charge in [-0.1, -0.05) is 51.3 Å². The van der Waals surface area contributed by atoms with Crippen molar-refractivity contribution in [2.24, 2.45) is 0 Å². The zero-order valence-electron chi connectivity index (χ0n) is 19.2. The molecular weight excluding hydrogens is 409 g/mol. The zero-order chi connectivity index (χ0) is 22.5. The molecule has 3 heteroatoms. The number of rotatable bonds is 3. The number of benzene rings is 3. The fraction of sp³-hybridized carbons (Fsp3) is 0.300. The van der Waals surface area contributed by atoms with Crippen LogP contribution in [0.15, 0.2) is 65.1 Å². The van der Waals surface area contributed by atoms with E-state index in [0.717, 1.165) is 62.5 Å². The van der Waals surface area contributed by atoms with Crippen molar-refractivity contribution in [1.29, 1.82) is 0 Å². The third-order valence-electron chi connectivity index (χ3n) is 7.26. The van der Waals surface area contributed by atoms with Crippen LogP contribution >= 0.6 is 0 Å². The molecule has 2 heterocycles. The summed E-state index contributed by atoms with van der Waals surface area (Å²) in [6, 6.07) is 19.8. The van der Waals surface area contributed by atoms with E-state index >= 15 is 0 Å². The lowest BCUT2D eigenvalue weighted by molar-refractivity contribution is 0.437. The van der Waals surface area contributed by atoms with Gasteiger partial charge in [0.05, 0.1) is 5.69 Å². The molecule has 1 saturated carbocycles. The fourth-order valence-electron chi connectivity index (χ4n) is 5.42. The Labute approximate surface area is 193 Å². The Morgan fingerprint density at radius 2 is 1.70 bits per heavy atom. The second kappa shape index (κ2) is 7.98. The summed E-state index contributed by atoms with van der Waals surface area (Å²) in [4.78, 5) is 5.26. The highest BCUT2D eigenvalue weighted by atomic mass is 19.1. The van der Waals surface area contributed by atoms with Crippen molar-refractivity contribution in [3.05, 3.63) is 77.7 Å². The SMILES string of the molecule is CC(C)c1cc(-c2nc(C3CCCCC3)cc3cc(F)ccc23)c2oc3ccccc3c2c1. The van der Waals surface area contributed by atoms with Crippen molar-refractivity contribution in [3.8, 4) is 11.3 Å². The molecule has 0 unspecified atom stereocenters. The second-order valence-electron chi connectivity index (χ2n) is 9.79. The molecule has 1 aliphatic rings. The van der Waals surface area contributed by atoms with Gasteiger partial charge in [-0.25, -0.2) is 4.39 Å². The Morgan fingerprint density at radius 3 is 2.52 bits per heavy atom. The van der Waals surface area contributed by atoms with Crippen LogP contribution in [0.25, 0.3) is 44.0 Å². The van der Waals surface area contributed by atoms with Crippen LogP contribution in [0.4, 0.5) is 4.39 Å². The van der Waals surface area contributed by atoms with Gasteiger partial charge in [0.15, 0.2) is 0 Å². The molecule has 33 heavy (non-hydrogen) atoms. The molecule has 0 amide bonds. The Hall–Kier alpha value is -3.20. The van der Waals surface area contributed by atoms with Crippen molar-refractivity contribution in [3.63, 3.8) is 0 Å². The third kappa shape index (κ3) is 3.51. The van der Waals surface area contributed by atoms with Gasteiger partial charge < -0.3 is 4.42 Å². The minimum Gasteiger partial charge on any atom is -0.455 e. The highest BCUT2D eigenvalue weighted by Crippen LogP contribution is 2.41. The van der Waals surface area contributed by atoms with Crippen LogP contribution in [-0.4, -0.2) is 4.98 Å². The number of furan rings is 1. The van der Waals surface area contributed by atoms with Gasteiger partial charge in [-0.05, 0) is 72.2 Å². The average molecular weight is 438 g/mol. The lowest BCUT2D eigenvalue weighted by atomic mass is 9.85. The van der Waals surface area contributed by atoms with Crippen LogP contribution in [0.2, 0.25) is 0 Å².